The van der Waals surface area contributed by atoms with Gasteiger partial charge in [0.15, 0.2) is 11.6 Å². The van der Waals surface area contributed by atoms with Gasteiger partial charge < -0.3 is 19.1 Å². The van der Waals surface area contributed by atoms with Gasteiger partial charge in [-0.1, -0.05) is 24.3 Å². The summed E-state index contributed by atoms with van der Waals surface area (Å²) < 4.78 is 57.8. The smallest absolute Gasteiger partial charge is 0.311 e. The molecule has 1 aliphatic rings. The number of ether oxygens (including phenoxy) is 3. The molecule has 194 valence electrons. The van der Waals surface area contributed by atoms with Crippen LogP contribution in [0.3, 0.4) is 0 Å². The van der Waals surface area contributed by atoms with E-state index >= 15 is 0 Å². The van der Waals surface area contributed by atoms with E-state index in [1.54, 1.807) is 38.5 Å². The maximum Gasteiger partial charge on any atom is 0.311 e. The third-order valence-corrected chi connectivity index (χ3v) is 6.71. The van der Waals surface area contributed by atoms with Crippen molar-refractivity contribution in [2.75, 3.05) is 27.9 Å². The largest absolute Gasteiger partial charge is 0.497 e. The Bertz CT molecular complexity index is 1230. The van der Waals surface area contributed by atoms with Crippen LogP contribution in [-0.2, 0) is 14.3 Å². The molecule has 1 saturated heterocycles. The lowest BCUT2D eigenvalue weighted by Crippen LogP contribution is -2.48. The van der Waals surface area contributed by atoms with Crippen molar-refractivity contribution in [2.24, 2.45) is 5.92 Å². The average molecular weight is 514 g/mol. The van der Waals surface area contributed by atoms with Crippen molar-refractivity contribution in [2.45, 2.75) is 18.4 Å². The maximum absolute atomic E-state index is 14.7. The van der Waals surface area contributed by atoms with Gasteiger partial charge in [0, 0.05) is 24.9 Å². The molecule has 1 aliphatic heterocycles. The summed E-state index contributed by atoms with van der Waals surface area (Å²) in [5.74, 6) is -5.49. The van der Waals surface area contributed by atoms with Crippen LogP contribution >= 0.6 is 0 Å². The Morgan fingerprint density at radius 3 is 1.84 bits per heavy atom. The highest BCUT2D eigenvalue weighted by Gasteiger charge is 2.44. The van der Waals surface area contributed by atoms with Crippen LogP contribution < -0.4 is 9.47 Å². The molecule has 0 bridgehead atoms. The first kappa shape index (κ1) is 26.1. The highest BCUT2D eigenvalue weighted by Crippen LogP contribution is 2.41. The van der Waals surface area contributed by atoms with Gasteiger partial charge in [-0.15, -0.1) is 0 Å². The number of nitrogens with zero attached hydrogens (tertiary/aromatic N) is 1. The molecule has 0 spiro atoms. The summed E-state index contributed by atoms with van der Waals surface area (Å²) >= 11 is 0. The van der Waals surface area contributed by atoms with Crippen LogP contribution in [0.25, 0.3) is 0 Å². The van der Waals surface area contributed by atoms with Crippen molar-refractivity contribution >= 4 is 11.9 Å². The van der Waals surface area contributed by atoms with Crippen LogP contribution in [0.4, 0.5) is 13.2 Å². The first-order valence-electron chi connectivity index (χ1n) is 11.6. The van der Waals surface area contributed by atoms with Crippen molar-refractivity contribution < 1.29 is 37.0 Å². The molecular formula is C28H26F3NO5. The van der Waals surface area contributed by atoms with Gasteiger partial charge in [0.1, 0.15) is 17.3 Å². The molecule has 9 heteroatoms. The molecule has 0 radical (unpaired) electrons. The number of hydrogen-bond acceptors (Lipinski definition) is 5. The van der Waals surface area contributed by atoms with E-state index in [-0.39, 0.29) is 24.4 Å². The van der Waals surface area contributed by atoms with E-state index < -0.39 is 41.3 Å². The lowest BCUT2D eigenvalue weighted by molar-refractivity contribution is -0.152. The van der Waals surface area contributed by atoms with Crippen LogP contribution in [0.2, 0.25) is 0 Å². The standard InChI is InChI=1S/C28H26F3NO5/c1-35-18-8-4-16(5-9-18)27(17-6-10-19(36-2)11-7-17)32-15-22(28(34)37-3)20(13-26(32)33)21-12-24(30)25(31)14-23(21)29/h4-12,14,20,22,27H,13,15H2,1-3H3/t20-,22+/m0/s1. The zero-order valence-electron chi connectivity index (χ0n) is 20.5. The zero-order chi connectivity index (χ0) is 26.7. The van der Waals surface area contributed by atoms with Gasteiger partial charge in [-0.05, 0) is 47.0 Å². The summed E-state index contributed by atoms with van der Waals surface area (Å²) in [6.45, 7) is -0.128. The highest BCUT2D eigenvalue weighted by molar-refractivity contribution is 5.84. The second-order valence-electron chi connectivity index (χ2n) is 8.72. The fourth-order valence-electron chi connectivity index (χ4n) is 4.80. The molecule has 0 saturated carbocycles. The monoisotopic (exact) mass is 513 g/mol. The van der Waals surface area contributed by atoms with Gasteiger partial charge in [-0.2, -0.15) is 0 Å². The first-order chi connectivity index (χ1) is 17.8. The number of likely N-dealkylation sites (tertiary alicyclic amines) is 1. The minimum atomic E-state index is -1.35. The average Bonchev–Trinajstić information content (AvgIpc) is 2.92. The summed E-state index contributed by atoms with van der Waals surface area (Å²) in [5, 5.41) is 0. The van der Waals surface area contributed by atoms with Crippen LogP contribution in [0.15, 0.2) is 60.7 Å². The maximum atomic E-state index is 14.7. The number of methoxy groups -OCH3 is 3. The first-order valence-corrected chi connectivity index (χ1v) is 11.6. The van der Waals surface area contributed by atoms with Crippen LogP contribution in [0, 0.1) is 23.4 Å². The Balaban J connectivity index is 1.78. The number of halogens is 3. The molecule has 0 aliphatic carbocycles. The number of piperidine rings is 1. The third kappa shape index (κ3) is 5.26. The number of carbonyl (C=O) groups excluding carboxylic acids is 2. The van der Waals surface area contributed by atoms with Crippen molar-refractivity contribution in [3.63, 3.8) is 0 Å². The summed E-state index contributed by atoms with van der Waals surface area (Å²) in [4.78, 5) is 27.9. The number of carbonyl (C=O) groups is 2. The third-order valence-electron chi connectivity index (χ3n) is 6.71. The van der Waals surface area contributed by atoms with Gasteiger partial charge >= 0.3 is 5.97 Å². The number of hydrogen-bond donors (Lipinski definition) is 0. The van der Waals surface area contributed by atoms with E-state index in [1.165, 1.54) is 12.0 Å². The number of amides is 1. The highest BCUT2D eigenvalue weighted by atomic mass is 19.2. The molecule has 3 aromatic rings. The Kier molecular flexibility index (Phi) is 7.71. The van der Waals surface area contributed by atoms with Gasteiger partial charge in [-0.25, -0.2) is 13.2 Å². The molecule has 4 rings (SSSR count). The zero-order valence-corrected chi connectivity index (χ0v) is 20.5. The number of esters is 1. The quantitative estimate of drug-likeness (QED) is 0.328. The van der Waals surface area contributed by atoms with E-state index in [0.29, 0.717) is 23.6 Å². The minimum Gasteiger partial charge on any atom is -0.497 e. The SMILES string of the molecule is COC(=O)[C@@H]1CN(C(c2ccc(OC)cc2)c2ccc(OC)cc2)C(=O)C[C@H]1c1cc(F)c(F)cc1F. The topological polar surface area (TPSA) is 65.1 Å². The van der Waals surface area contributed by atoms with Crippen molar-refractivity contribution in [1.29, 1.82) is 0 Å². The summed E-state index contributed by atoms with van der Waals surface area (Å²) in [6, 6.07) is 14.8. The summed E-state index contributed by atoms with van der Waals surface area (Å²) in [5.41, 5.74) is 1.26. The number of benzene rings is 3. The predicted molar refractivity (Wildman–Crippen MR) is 129 cm³/mol. The molecule has 3 aromatic carbocycles. The Morgan fingerprint density at radius 1 is 0.838 bits per heavy atom. The number of rotatable bonds is 7. The molecule has 6 nitrogen and oxygen atoms in total. The van der Waals surface area contributed by atoms with E-state index in [1.807, 2.05) is 24.3 Å². The molecule has 1 fully saturated rings. The summed E-state index contributed by atoms with van der Waals surface area (Å²) in [7, 11) is 4.28. The van der Waals surface area contributed by atoms with E-state index in [4.69, 9.17) is 14.2 Å². The molecule has 1 heterocycles. The predicted octanol–water partition coefficient (Wildman–Crippen LogP) is 5.02. The van der Waals surface area contributed by atoms with Crippen molar-refractivity contribution in [3.8, 4) is 11.5 Å². The summed E-state index contributed by atoms with van der Waals surface area (Å²) in [6.07, 6.45) is -0.301. The van der Waals surface area contributed by atoms with E-state index in [2.05, 4.69) is 0 Å². The molecule has 1 amide bonds. The Labute approximate surface area is 212 Å². The van der Waals surface area contributed by atoms with Gasteiger partial charge in [0.2, 0.25) is 5.91 Å². The molecule has 0 N–H and O–H groups in total. The molecule has 0 aromatic heterocycles. The molecule has 2 atom stereocenters. The Morgan fingerprint density at radius 2 is 1.35 bits per heavy atom. The minimum absolute atomic E-state index is 0.128. The molecular weight excluding hydrogens is 487 g/mol. The van der Waals surface area contributed by atoms with Gasteiger partial charge in [-0.3, -0.25) is 9.59 Å². The van der Waals surface area contributed by atoms with Crippen molar-refractivity contribution in [1.82, 2.24) is 4.90 Å². The second kappa shape index (κ2) is 10.9. The Hall–Kier alpha value is -4.01. The van der Waals surface area contributed by atoms with Gasteiger partial charge in [0.25, 0.3) is 0 Å². The van der Waals surface area contributed by atoms with Crippen LogP contribution in [-0.4, -0.2) is 44.7 Å². The second-order valence-corrected chi connectivity index (χ2v) is 8.72. The lowest BCUT2D eigenvalue weighted by atomic mass is 9.78. The fraction of sp³-hybridized carbons (Fsp3) is 0.286. The molecule has 0 unspecified atom stereocenters. The van der Waals surface area contributed by atoms with Crippen LogP contribution in [0.5, 0.6) is 11.5 Å². The van der Waals surface area contributed by atoms with Crippen molar-refractivity contribution in [3.05, 3.63) is 94.8 Å². The lowest BCUT2D eigenvalue weighted by Gasteiger charge is -2.41. The normalized spacial score (nSPS) is 17.6. The molecule has 37 heavy (non-hydrogen) atoms. The fourth-order valence-corrected chi connectivity index (χ4v) is 4.80. The van der Waals surface area contributed by atoms with Crippen LogP contribution in [0.1, 0.15) is 35.1 Å². The van der Waals surface area contributed by atoms with E-state index in [0.717, 1.165) is 11.1 Å². The van der Waals surface area contributed by atoms with E-state index in [9.17, 15) is 22.8 Å². The van der Waals surface area contributed by atoms with Gasteiger partial charge in [0.05, 0.1) is 33.3 Å².